The van der Waals surface area contributed by atoms with E-state index in [0.717, 1.165) is 140 Å². The molecule has 0 fully saturated rings. The molecule has 2 aliphatic heterocycles. The number of ether oxygens (including phenoxy) is 2. The van der Waals surface area contributed by atoms with Gasteiger partial charge in [-0.3, -0.25) is 0 Å². The number of benzene rings is 16. The van der Waals surface area contributed by atoms with Crippen LogP contribution in [0.25, 0.3) is 166 Å². The van der Waals surface area contributed by atoms with Gasteiger partial charge in [0.1, 0.15) is 34.2 Å². The summed E-state index contributed by atoms with van der Waals surface area (Å²) in [5, 5.41) is 4.48. The number of rotatable bonds is 9. The molecule has 530 valence electrons. The molecular formula is C104H60N6O3S. The summed E-state index contributed by atoms with van der Waals surface area (Å²) in [4.78, 5) is 31.7. The van der Waals surface area contributed by atoms with Crippen molar-refractivity contribution in [1.82, 2.24) is 29.9 Å². The number of nitrogens with zero attached hydrogens (tertiary/aromatic N) is 6. The first-order valence-electron chi connectivity index (χ1n) is 38.4. The fraction of sp³-hybridized carbons (Fsp3) is 0.0192. The highest BCUT2D eigenvalue weighted by atomic mass is 32.1. The lowest BCUT2D eigenvalue weighted by atomic mass is 9.66. The van der Waals surface area contributed by atoms with E-state index >= 15 is 0 Å². The molecule has 24 rings (SSSR count). The van der Waals surface area contributed by atoms with Crippen molar-refractivity contribution in [2.24, 2.45) is 0 Å². The van der Waals surface area contributed by atoms with E-state index in [-0.39, 0.29) is 0 Å². The predicted molar refractivity (Wildman–Crippen MR) is 457 cm³/mol. The molecule has 0 saturated heterocycles. The van der Waals surface area contributed by atoms with Crippen molar-refractivity contribution in [3.05, 3.63) is 408 Å². The van der Waals surface area contributed by atoms with Crippen molar-refractivity contribution >= 4 is 53.4 Å². The first-order chi connectivity index (χ1) is 56.4. The lowest BCUT2D eigenvalue weighted by molar-refractivity contribution is 0.436. The van der Waals surface area contributed by atoms with Crippen LogP contribution in [-0.2, 0) is 10.8 Å². The summed E-state index contributed by atoms with van der Waals surface area (Å²) in [7, 11) is 0. The molecular weight excluding hydrogens is 1410 g/mol. The monoisotopic (exact) mass is 1470 g/mol. The highest BCUT2D eigenvalue weighted by molar-refractivity contribution is 7.25. The zero-order valence-electron chi connectivity index (χ0n) is 61.0. The van der Waals surface area contributed by atoms with Crippen molar-refractivity contribution in [3.63, 3.8) is 0 Å². The number of para-hydroxylation sites is 2. The fourth-order valence-electron chi connectivity index (χ4n) is 18.8. The third kappa shape index (κ3) is 9.52. The van der Waals surface area contributed by atoms with Gasteiger partial charge in [-0.25, -0.2) is 29.9 Å². The van der Waals surface area contributed by atoms with Gasteiger partial charge < -0.3 is 13.9 Å². The molecule has 1 unspecified atom stereocenters. The van der Waals surface area contributed by atoms with Gasteiger partial charge >= 0.3 is 0 Å². The standard InChI is InChI=1S/C104H60N6O3S/c1-3-23-61(24-4-1)97-105-99(109-101(107-97)78-33-9-7-27-69(78)65-47-53-87-93(57-65)111-89-40-20-18-38-85(89)103(87)81-35-15-11-29-71(81)72-30-12-16-36-82(72)103)67-44-50-75-74-49-43-64(56-91(74)113-92(75)59-67)63-46-52-84-80(55-63)73-31-13-17-37-83(73)104(84)86-39-19-21-41-90(86)112-94-58-66(48-54-88(94)104)70-28-8-10-34-79(70)102-108-98(62-25-5-2-6-26-62)106-100(110-102)68-45-51-77-76-32-14-22-42-95(76)114-96(77)60-68/h1-60H. The number of thiophene rings is 1. The van der Waals surface area contributed by atoms with Crippen molar-refractivity contribution in [3.8, 4) is 147 Å². The first-order valence-corrected chi connectivity index (χ1v) is 39.3. The van der Waals surface area contributed by atoms with Crippen molar-refractivity contribution in [2.45, 2.75) is 10.8 Å². The van der Waals surface area contributed by atoms with Gasteiger partial charge in [-0.2, -0.15) is 0 Å². The van der Waals surface area contributed by atoms with Crippen LogP contribution >= 0.6 is 11.3 Å². The van der Waals surface area contributed by atoms with E-state index < -0.39 is 10.8 Å². The van der Waals surface area contributed by atoms with E-state index in [4.69, 9.17) is 43.8 Å². The zero-order chi connectivity index (χ0) is 74.7. The van der Waals surface area contributed by atoms with E-state index in [0.29, 0.717) is 34.9 Å². The summed E-state index contributed by atoms with van der Waals surface area (Å²) in [6.07, 6.45) is 0. The predicted octanol–water partition coefficient (Wildman–Crippen LogP) is 26.3. The maximum atomic E-state index is 7.15. The van der Waals surface area contributed by atoms with Crippen LogP contribution in [0.15, 0.2) is 368 Å². The van der Waals surface area contributed by atoms with Gasteiger partial charge in [0, 0.05) is 86.6 Å². The number of furan rings is 1. The van der Waals surface area contributed by atoms with Gasteiger partial charge in [0.2, 0.25) is 0 Å². The van der Waals surface area contributed by atoms with Gasteiger partial charge in [-0.05, 0) is 145 Å². The second-order valence-electron chi connectivity index (χ2n) is 29.8. The Kier molecular flexibility index (Phi) is 13.9. The Balaban J connectivity index is 0.580. The van der Waals surface area contributed by atoms with Crippen LogP contribution < -0.4 is 9.47 Å². The SMILES string of the molecule is c1ccc(-c2nc(-c3ccc4c(c3)oc3cc(-c5ccc6c(c5)-c5ccccc5C65c6ccccc6Oc6cc(-c7ccccc7-c7nc(-c8ccccc8)nc(-c8ccc9c(c8)sc8ccccc89)n7)ccc65)ccc34)nc(-c3ccccc3-c3ccc4c(c3)Oc3ccccc3C43c4ccccc4-c4ccccc43)n2)cc1. The minimum Gasteiger partial charge on any atom is -0.457 e. The molecule has 20 aromatic rings. The van der Waals surface area contributed by atoms with Crippen LogP contribution in [0.5, 0.6) is 23.0 Å². The average Bonchev–Trinajstić information content (AvgIpc) is 1.51. The highest BCUT2D eigenvalue weighted by Gasteiger charge is 2.53. The molecule has 0 bridgehead atoms. The highest BCUT2D eigenvalue weighted by Crippen LogP contribution is 2.65. The molecule has 0 saturated carbocycles. The fourth-order valence-corrected chi connectivity index (χ4v) is 19.9. The maximum Gasteiger partial charge on any atom is 0.164 e. The molecule has 0 amide bonds. The summed E-state index contributed by atoms with van der Waals surface area (Å²) in [5.74, 6) is 6.67. The zero-order valence-corrected chi connectivity index (χ0v) is 61.8. The Labute approximate surface area is 659 Å². The molecule has 4 aliphatic rings. The number of aromatic nitrogens is 6. The molecule has 10 heteroatoms. The molecule has 0 N–H and O–H groups in total. The Morgan fingerprint density at radius 1 is 0.193 bits per heavy atom. The van der Waals surface area contributed by atoms with Gasteiger partial charge in [0.05, 0.1) is 10.8 Å². The summed E-state index contributed by atoms with van der Waals surface area (Å²) >= 11 is 1.79. The number of hydrogen-bond acceptors (Lipinski definition) is 10. The summed E-state index contributed by atoms with van der Waals surface area (Å²) in [5.41, 5.74) is 25.6. The Morgan fingerprint density at radius 2 is 0.535 bits per heavy atom. The number of fused-ring (bicyclic) bond motifs is 24. The van der Waals surface area contributed by atoms with E-state index in [1.54, 1.807) is 11.3 Å². The molecule has 2 spiro atoms. The van der Waals surface area contributed by atoms with Gasteiger partial charge in [-0.1, -0.05) is 297 Å². The Bertz CT molecular complexity index is 7430. The lowest BCUT2D eigenvalue weighted by Crippen LogP contribution is -2.32. The maximum absolute atomic E-state index is 7.15. The van der Waals surface area contributed by atoms with Gasteiger partial charge in [0.15, 0.2) is 34.9 Å². The molecule has 6 heterocycles. The van der Waals surface area contributed by atoms with Crippen LogP contribution in [0.2, 0.25) is 0 Å². The Hall–Kier alpha value is -14.8. The second kappa shape index (κ2) is 24.8. The topological polar surface area (TPSA) is 109 Å². The van der Waals surface area contributed by atoms with Gasteiger partial charge in [0.25, 0.3) is 0 Å². The first kappa shape index (κ1) is 64.0. The number of hydrogen-bond donors (Lipinski definition) is 0. The summed E-state index contributed by atoms with van der Waals surface area (Å²) < 4.78 is 23.6. The van der Waals surface area contributed by atoms with Crippen LogP contribution in [-0.4, -0.2) is 29.9 Å². The van der Waals surface area contributed by atoms with E-state index in [1.165, 1.54) is 59.1 Å². The molecule has 114 heavy (non-hydrogen) atoms. The third-order valence-corrected chi connectivity index (χ3v) is 24.9. The summed E-state index contributed by atoms with van der Waals surface area (Å²) in [6.45, 7) is 0. The third-order valence-electron chi connectivity index (χ3n) is 23.8. The smallest absolute Gasteiger partial charge is 0.164 e. The second-order valence-corrected chi connectivity index (χ2v) is 30.9. The largest absolute Gasteiger partial charge is 0.457 e. The lowest BCUT2D eigenvalue weighted by Gasteiger charge is -2.39. The molecule has 2 aliphatic carbocycles. The van der Waals surface area contributed by atoms with Crippen LogP contribution in [0.3, 0.4) is 0 Å². The molecule has 1 atom stereocenters. The molecule has 0 radical (unpaired) electrons. The quantitative estimate of drug-likeness (QED) is 0.140. The van der Waals surface area contributed by atoms with Crippen molar-refractivity contribution in [1.29, 1.82) is 0 Å². The average molecular weight is 1470 g/mol. The van der Waals surface area contributed by atoms with E-state index in [1.807, 2.05) is 48.5 Å². The minimum atomic E-state index is -0.715. The molecule has 9 nitrogen and oxygen atoms in total. The van der Waals surface area contributed by atoms with Crippen molar-refractivity contribution < 1.29 is 13.9 Å². The normalized spacial score (nSPS) is 14.2. The van der Waals surface area contributed by atoms with Crippen LogP contribution in [0, 0.1) is 0 Å². The summed E-state index contributed by atoms with van der Waals surface area (Å²) in [6, 6.07) is 129. The molecule has 16 aromatic carbocycles. The minimum absolute atomic E-state index is 0.528. The Morgan fingerprint density at radius 3 is 1.07 bits per heavy atom. The van der Waals surface area contributed by atoms with E-state index in [2.05, 4.69) is 315 Å². The van der Waals surface area contributed by atoms with Gasteiger partial charge in [-0.15, -0.1) is 11.3 Å². The van der Waals surface area contributed by atoms with E-state index in [9.17, 15) is 0 Å². The molecule has 4 aromatic heterocycles. The van der Waals surface area contributed by atoms with Crippen molar-refractivity contribution in [2.75, 3.05) is 0 Å². The van der Waals surface area contributed by atoms with Crippen LogP contribution in [0.1, 0.15) is 44.5 Å². The van der Waals surface area contributed by atoms with Crippen LogP contribution in [0.4, 0.5) is 0 Å².